The number of hydrogen-bond donors (Lipinski definition) is 4. The van der Waals surface area contributed by atoms with Gasteiger partial charge in [-0.3, -0.25) is 9.59 Å². The minimum Gasteiger partial charge on any atom is -0.504 e. The van der Waals surface area contributed by atoms with Crippen molar-refractivity contribution in [2.24, 2.45) is 22.7 Å². The van der Waals surface area contributed by atoms with Gasteiger partial charge in [-0.15, -0.1) is 0 Å². The normalized spacial score (nSPS) is 32.4. The summed E-state index contributed by atoms with van der Waals surface area (Å²) < 4.78 is 6.72. The molecule has 6 rings (SSSR count). The van der Waals surface area contributed by atoms with Crippen LogP contribution in [-0.2, 0) is 20.7 Å². The zero-order chi connectivity index (χ0) is 31.4. The van der Waals surface area contributed by atoms with Crippen LogP contribution in [0.25, 0.3) is 0 Å². The summed E-state index contributed by atoms with van der Waals surface area (Å²) in [7, 11) is 0. The summed E-state index contributed by atoms with van der Waals surface area (Å²) in [6.07, 6.45) is 15.7. The second kappa shape index (κ2) is 11.4. The highest BCUT2D eigenvalue weighted by Crippen LogP contribution is 2.66. The average molecular weight is 605 g/mol. The Morgan fingerprint density at radius 1 is 1.11 bits per heavy atom. The third kappa shape index (κ3) is 5.28. The van der Waals surface area contributed by atoms with E-state index in [1.54, 1.807) is 17.9 Å². The summed E-state index contributed by atoms with van der Waals surface area (Å²) in [5.41, 5.74) is 2.58. The molecule has 4 aliphatic carbocycles. The molecule has 44 heavy (non-hydrogen) atoms. The Morgan fingerprint density at radius 3 is 2.57 bits per heavy atom. The number of aliphatic hydroxyl groups is 1. The van der Waals surface area contributed by atoms with E-state index < -0.39 is 17.9 Å². The lowest BCUT2D eigenvalue weighted by molar-refractivity contribution is -0.265. The highest BCUT2D eigenvalue weighted by molar-refractivity contribution is 5.90. The molecule has 8 heteroatoms. The average Bonchev–Trinajstić information content (AvgIpc) is 3.55. The van der Waals surface area contributed by atoms with E-state index >= 15 is 0 Å². The Kier molecular flexibility index (Phi) is 7.98. The highest BCUT2D eigenvalue weighted by atomic mass is 16.6. The van der Waals surface area contributed by atoms with Crippen LogP contribution in [0.4, 0.5) is 0 Å². The zero-order valence-corrected chi connectivity index (χ0v) is 26.5. The molecule has 1 aromatic carbocycles. The molecule has 2 bridgehead atoms. The maximum absolute atomic E-state index is 14.8. The summed E-state index contributed by atoms with van der Waals surface area (Å²) in [6, 6.07) is 2.91. The molecular weight excluding hydrogens is 556 g/mol. The molecule has 7 unspecified atom stereocenters. The van der Waals surface area contributed by atoms with Crippen molar-refractivity contribution in [3.63, 3.8) is 0 Å². The first-order chi connectivity index (χ1) is 20.8. The van der Waals surface area contributed by atoms with Crippen LogP contribution in [0.3, 0.4) is 0 Å². The van der Waals surface area contributed by atoms with Crippen molar-refractivity contribution < 1.29 is 29.6 Å². The number of amides is 2. The number of allylic oxidation sites excluding steroid dienone is 5. The van der Waals surface area contributed by atoms with Gasteiger partial charge in [0.1, 0.15) is 6.04 Å². The maximum atomic E-state index is 14.8. The van der Waals surface area contributed by atoms with E-state index in [2.05, 4.69) is 50.4 Å². The van der Waals surface area contributed by atoms with Crippen molar-refractivity contribution >= 4 is 11.8 Å². The Hall–Kier alpha value is -3.10. The summed E-state index contributed by atoms with van der Waals surface area (Å²) in [5, 5.41) is 34.8. The van der Waals surface area contributed by atoms with Crippen molar-refractivity contribution in [3.05, 3.63) is 59.3 Å². The van der Waals surface area contributed by atoms with Crippen molar-refractivity contribution in [1.82, 2.24) is 10.2 Å². The minimum absolute atomic E-state index is 0.0433. The van der Waals surface area contributed by atoms with Gasteiger partial charge in [0.2, 0.25) is 11.8 Å². The number of ether oxygens (including phenoxy) is 1. The zero-order valence-electron chi connectivity index (χ0n) is 26.5. The largest absolute Gasteiger partial charge is 0.504 e. The lowest BCUT2D eigenvalue weighted by Crippen LogP contribution is -2.59. The number of phenolic OH excluding ortho intramolecular Hbond substituents is 2. The molecule has 8 nitrogen and oxygen atoms in total. The number of carbonyl (C=O) groups is 2. The molecular formula is C36H48N2O6. The van der Waals surface area contributed by atoms with Crippen LogP contribution in [0.1, 0.15) is 91.0 Å². The number of fused-ring (bicyclic) bond motifs is 2. The Bertz CT molecular complexity index is 1410. The molecule has 1 aliphatic heterocycles. The van der Waals surface area contributed by atoms with E-state index in [0.717, 1.165) is 43.4 Å². The Morgan fingerprint density at radius 2 is 1.91 bits per heavy atom. The maximum Gasteiger partial charge on any atom is 0.250 e. The Labute approximate surface area is 260 Å². The molecule has 238 valence electrons. The van der Waals surface area contributed by atoms with Crippen molar-refractivity contribution in [1.29, 1.82) is 0 Å². The van der Waals surface area contributed by atoms with Crippen LogP contribution in [-0.4, -0.2) is 56.0 Å². The number of nitrogens with one attached hydrogen (secondary N) is 1. The number of benzene rings is 1. The highest BCUT2D eigenvalue weighted by Gasteiger charge is 2.63. The number of rotatable bonds is 8. The van der Waals surface area contributed by atoms with Crippen LogP contribution in [0.2, 0.25) is 0 Å². The van der Waals surface area contributed by atoms with Gasteiger partial charge in [0.15, 0.2) is 17.3 Å². The van der Waals surface area contributed by atoms with Gasteiger partial charge in [0.25, 0.3) is 0 Å². The lowest BCUT2D eigenvalue weighted by atomic mass is 9.70. The molecule has 1 aromatic rings. The van der Waals surface area contributed by atoms with E-state index in [1.807, 2.05) is 0 Å². The van der Waals surface area contributed by atoms with Crippen LogP contribution in [0, 0.1) is 22.7 Å². The van der Waals surface area contributed by atoms with Crippen molar-refractivity contribution in [2.45, 2.75) is 116 Å². The molecule has 2 saturated carbocycles. The number of nitrogens with zero attached hydrogens (tertiary/aromatic N) is 1. The van der Waals surface area contributed by atoms with Crippen LogP contribution in [0.5, 0.6) is 11.5 Å². The monoisotopic (exact) mass is 604 g/mol. The molecule has 0 saturated heterocycles. The number of hydrogen-bond acceptors (Lipinski definition) is 6. The smallest absolute Gasteiger partial charge is 0.250 e. The van der Waals surface area contributed by atoms with Gasteiger partial charge in [-0.1, -0.05) is 51.1 Å². The minimum atomic E-state index is -1.58. The predicted molar refractivity (Wildman–Crippen MR) is 167 cm³/mol. The summed E-state index contributed by atoms with van der Waals surface area (Å²) in [5.74, 6) is -2.21. The molecule has 0 spiro atoms. The molecule has 1 heterocycles. The fraction of sp³-hybridized carbons (Fsp3) is 0.611. The van der Waals surface area contributed by atoms with E-state index in [-0.39, 0.29) is 52.6 Å². The predicted octanol–water partition coefficient (Wildman–Crippen LogP) is 5.63. The van der Waals surface area contributed by atoms with Gasteiger partial charge in [-0.05, 0) is 104 Å². The first-order valence-electron chi connectivity index (χ1n) is 16.4. The number of aromatic hydroxyl groups is 2. The molecule has 2 amide bonds. The third-order valence-corrected chi connectivity index (χ3v) is 12.0. The SMILES string of the molecule is CC(O)(OC1CC2CCC1(C)C2(C)C)C1CC2=C(CCC=C2)N1C(=O)C(NC(=O)Cc1ccc(O)c(O)c1)C1CC=CCC1. The Balaban J connectivity index is 1.28. The van der Waals surface area contributed by atoms with Crippen LogP contribution >= 0.6 is 0 Å². The van der Waals surface area contributed by atoms with E-state index in [9.17, 15) is 24.9 Å². The van der Waals surface area contributed by atoms with Gasteiger partial charge in [0, 0.05) is 12.1 Å². The van der Waals surface area contributed by atoms with Crippen LogP contribution < -0.4 is 5.32 Å². The number of phenols is 2. The van der Waals surface area contributed by atoms with Crippen molar-refractivity contribution in [2.75, 3.05) is 0 Å². The first-order valence-corrected chi connectivity index (χ1v) is 16.4. The fourth-order valence-electron chi connectivity index (χ4n) is 8.78. The molecule has 7 atom stereocenters. The third-order valence-electron chi connectivity index (χ3n) is 12.0. The summed E-state index contributed by atoms with van der Waals surface area (Å²) >= 11 is 0. The second-order valence-electron chi connectivity index (χ2n) is 14.7. The molecule has 2 fully saturated rings. The van der Waals surface area contributed by atoms with Gasteiger partial charge in [0.05, 0.1) is 18.6 Å². The molecule has 0 aromatic heterocycles. The van der Waals surface area contributed by atoms with Crippen molar-refractivity contribution in [3.8, 4) is 11.5 Å². The van der Waals surface area contributed by atoms with E-state index in [0.29, 0.717) is 30.7 Å². The topological polar surface area (TPSA) is 119 Å². The summed E-state index contributed by atoms with van der Waals surface area (Å²) in [6.45, 7) is 8.66. The first kappa shape index (κ1) is 30.9. The van der Waals surface area contributed by atoms with E-state index in [4.69, 9.17) is 4.74 Å². The lowest BCUT2D eigenvalue weighted by Gasteiger charge is -2.45. The quantitative estimate of drug-likeness (QED) is 0.174. The molecule has 5 aliphatic rings. The van der Waals surface area contributed by atoms with Gasteiger partial charge in [-0.25, -0.2) is 0 Å². The van der Waals surface area contributed by atoms with Crippen LogP contribution in [0.15, 0.2) is 53.8 Å². The standard InChI is InChI=1S/C36H48N2O6/c1-34(2)25-16-17-35(34,3)30(21-25)44-36(4,43)29-20-24-12-8-9-13-26(24)38(29)33(42)32(23-10-6-5-7-11-23)37-31(41)19-22-14-15-27(39)28(40)18-22/h5-6,8,12,14-15,18,23,25,29-30,32,39-40,43H,7,9-11,13,16-17,19-21H2,1-4H3,(H,37,41). The van der Waals surface area contributed by atoms with Gasteiger partial charge >= 0.3 is 0 Å². The van der Waals surface area contributed by atoms with Gasteiger partial charge < -0.3 is 30.3 Å². The fourth-order valence-corrected chi connectivity index (χ4v) is 8.78. The molecule has 0 radical (unpaired) electrons. The summed E-state index contributed by atoms with van der Waals surface area (Å²) in [4.78, 5) is 29.9. The number of carbonyl (C=O) groups excluding carboxylic acids is 2. The van der Waals surface area contributed by atoms with E-state index in [1.165, 1.54) is 18.6 Å². The van der Waals surface area contributed by atoms with Gasteiger partial charge in [-0.2, -0.15) is 0 Å². The molecule has 4 N–H and O–H groups in total. The second-order valence-corrected chi connectivity index (χ2v) is 14.7.